The molecule has 0 saturated carbocycles. The maximum Gasteiger partial charge on any atom is 0.257 e. The fourth-order valence-electron chi connectivity index (χ4n) is 1.25. The van der Waals surface area contributed by atoms with Crippen molar-refractivity contribution in [1.29, 1.82) is 5.41 Å². The average molecular weight is 192 g/mol. The molecule has 14 heavy (non-hydrogen) atoms. The van der Waals surface area contributed by atoms with Crippen LogP contribution >= 0.6 is 0 Å². The summed E-state index contributed by atoms with van der Waals surface area (Å²) in [5.74, 6) is 0.371. The Morgan fingerprint density at radius 3 is 2.71 bits per heavy atom. The number of nitrogens with one attached hydrogen (secondary N) is 2. The Hall–Kier alpha value is -1.38. The van der Waals surface area contributed by atoms with Crippen LogP contribution in [0.25, 0.3) is 0 Å². The Balaban J connectivity index is 3.22. The third-order valence-corrected chi connectivity index (χ3v) is 2.27. The van der Waals surface area contributed by atoms with Gasteiger partial charge in [-0.15, -0.1) is 0 Å². The minimum absolute atomic E-state index is 0.166. The van der Waals surface area contributed by atoms with E-state index in [2.05, 4.69) is 18.8 Å². The summed E-state index contributed by atoms with van der Waals surface area (Å²) in [6.07, 6.45) is 2.31. The van der Waals surface area contributed by atoms with Gasteiger partial charge in [-0.25, -0.2) is 0 Å². The van der Waals surface area contributed by atoms with E-state index in [0.29, 0.717) is 23.6 Å². The van der Waals surface area contributed by atoms with Gasteiger partial charge in [-0.05, 0) is 24.0 Å². The van der Waals surface area contributed by atoms with Crippen LogP contribution in [0.4, 0.5) is 0 Å². The fraction of sp³-hybridized carbons (Fsp3) is 0.455. The van der Waals surface area contributed by atoms with Gasteiger partial charge in [0.25, 0.3) is 5.56 Å². The second kappa shape index (κ2) is 4.22. The van der Waals surface area contributed by atoms with Crippen molar-refractivity contribution < 1.29 is 0 Å². The lowest BCUT2D eigenvalue weighted by molar-refractivity contribution is 0.854. The number of aromatic amines is 1. The molecule has 0 bridgehead atoms. The second-order valence-electron chi connectivity index (χ2n) is 3.66. The zero-order valence-electron chi connectivity index (χ0n) is 8.85. The molecule has 0 atom stereocenters. The SMILES string of the molecule is CCC(=N)c1cc(C(C)C)c[nH]c1=O. The topological polar surface area (TPSA) is 56.7 Å². The summed E-state index contributed by atoms with van der Waals surface area (Å²) in [6.45, 7) is 6.00. The van der Waals surface area contributed by atoms with Crippen molar-refractivity contribution in [3.63, 3.8) is 0 Å². The smallest absolute Gasteiger partial charge is 0.257 e. The first-order chi connectivity index (χ1) is 6.56. The molecule has 0 aromatic carbocycles. The van der Waals surface area contributed by atoms with Gasteiger partial charge in [0.2, 0.25) is 0 Å². The number of aromatic nitrogens is 1. The van der Waals surface area contributed by atoms with Crippen LogP contribution in [0.5, 0.6) is 0 Å². The summed E-state index contributed by atoms with van der Waals surface area (Å²) >= 11 is 0. The van der Waals surface area contributed by atoms with Gasteiger partial charge in [-0.3, -0.25) is 4.79 Å². The molecule has 1 rings (SSSR count). The van der Waals surface area contributed by atoms with Gasteiger partial charge in [0.15, 0.2) is 0 Å². The van der Waals surface area contributed by atoms with E-state index in [-0.39, 0.29) is 5.56 Å². The highest BCUT2D eigenvalue weighted by Gasteiger charge is 2.07. The van der Waals surface area contributed by atoms with Gasteiger partial charge >= 0.3 is 0 Å². The maximum atomic E-state index is 11.4. The predicted octanol–water partition coefficient (Wildman–Crippen LogP) is 2.28. The number of rotatable bonds is 3. The molecular formula is C11H16N2O. The van der Waals surface area contributed by atoms with Crippen molar-refractivity contribution in [2.45, 2.75) is 33.1 Å². The Morgan fingerprint density at radius 2 is 2.21 bits per heavy atom. The third kappa shape index (κ3) is 2.10. The Morgan fingerprint density at radius 1 is 1.57 bits per heavy atom. The van der Waals surface area contributed by atoms with E-state index in [1.807, 2.05) is 13.0 Å². The highest BCUT2D eigenvalue weighted by atomic mass is 16.1. The largest absolute Gasteiger partial charge is 0.328 e. The van der Waals surface area contributed by atoms with Gasteiger partial charge in [0.05, 0.1) is 5.56 Å². The lowest BCUT2D eigenvalue weighted by atomic mass is 10.0. The summed E-state index contributed by atoms with van der Waals surface area (Å²) < 4.78 is 0. The molecule has 0 spiro atoms. The van der Waals surface area contributed by atoms with Crippen molar-refractivity contribution >= 4 is 5.71 Å². The van der Waals surface area contributed by atoms with Crippen LogP contribution in [0, 0.1) is 5.41 Å². The van der Waals surface area contributed by atoms with E-state index >= 15 is 0 Å². The normalized spacial score (nSPS) is 10.6. The zero-order chi connectivity index (χ0) is 10.7. The van der Waals surface area contributed by atoms with Crippen molar-refractivity contribution in [2.24, 2.45) is 0 Å². The van der Waals surface area contributed by atoms with E-state index in [1.165, 1.54) is 0 Å². The van der Waals surface area contributed by atoms with Crippen molar-refractivity contribution in [3.05, 3.63) is 33.7 Å². The Bertz CT molecular complexity index is 391. The summed E-state index contributed by atoms with van der Waals surface area (Å²) in [4.78, 5) is 14.1. The average Bonchev–Trinajstić information content (AvgIpc) is 2.17. The first kappa shape index (κ1) is 10.7. The van der Waals surface area contributed by atoms with Gasteiger partial charge in [0, 0.05) is 11.9 Å². The number of H-pyrrole nitrogens is 1. The second-order valence-corrected chi connectivity index (χ2v) is 3.66. The van der Waals surface area contributed by atoms with E-state index in [1.54, 1.807) is 6.20 Å². The van der Waals surface area contributed by atoms with Crippen LogP contribution in [0.15, 0.2) is 17.1 Å². The molecular weight excluding hydrogens is 176 g/mol. The van der Waals surface area contributed by atoms with Gasteiger partial charge < -0.3 is 10.4 Å². The van der Waals surface area contributed by atoms with Gasteiger partial charge in [-0.1, -0.05) is 20.8 Å². The Kier molecular flexibility index (Phi) is 3.23. The van der Waals surface area contributed by atoms with Gasteiger partial charge in [0.1, 0.15) is 0 Å². The molecule has 0 fully saturated rings. The monoisotopic (exact) mass is 192 g/mol. The van der Waals surface area contributed by atoms with Crippen LogP contribution in [0.1, 0.15) is 44.2 Å². The van der Waals surface area contributed by atoms with Crippen LogP contribution in [0.2, 0.25) is 0 Å². The molecule has 76 valence electrons. The Labute approximate surface area is 83.7 Å². The number of hydrogen-bond acceptors (Lipinski definition) is 2. The van der Waals surface area contributed by atoms with Crippen LogP contribution in [0.3, 0.4) is 0 Å². The lowest BCUT2D eigenvalue weighted by Crippen LogP contribution is -2.17. The molecule has 0 aliphatic rings. The molecule has 1 aromatic heterocycles. The molecule has 0 unspecified atom stereocenters. The van der Waals surface area contributed by atoms with E-state index < -0.39 is 0 Å². The highest BCUT2D eigenvalue weighted by molar-refractivity contribution is 5.97. The third-order valence-electron chi connectivity index (χ3n) is 2.27. The maximum absolute atomic E-state index is 11.4. The summed E-state index contributed by atoms with van der Waals surface area (Å²) in [7, 11) is 0. The molecule has 0 aliphatic carbocycles. The summed E-state index contributed by atoms with van der Waals surface area (Å²) in [5.41, 5.74) is 1.80. The standard InChI is InChI=1S/C11H16N2O/c1-4-10(12)9-5-8(7(2)3)6-13-11(9)14/h5-7,12H,4H2,1-3H3,(H,13,14). The summed E-state index contributed by atoms with van der Waals surface area (Å²) in [5, 5.41) is 7.64. The number of pyridine rings is 1. The quantitative estimate of drug-likeness (QED) is 0.709. The van der Waals surface area contributed by atoms with E-state index in [9.17, 15) is 4.79 Å². The van der Waals surface area contributed by atoms with Crippen molar-refractivity contribution in [2.75, 3.05) is 0 Å². The van der Waals surface area contributed by atoms with Crippen LogP contribution in [-0.2, 0) is 0 Å². The fourth-order valence-corrected chi connectivity index (χ4v) is 1.25. The molecule has 3 nitrogen and oxygen atoms in total. The zero-order valence-corrected chi connectivity index (χ0v) is 8.85. The molecule has 1 heterocycles. The molecule has 1 aromatic rings. The van der Waals surface area contributed by atoms with E-state index in [4.69, 9.17) is 5.41 Å². The molecule has 0 radical (unpaired) electrons. The van der Waals surface area contributed by atoms with Crippen LogP contribution < -0.4 is 5.56 Å². The molecule has 2 N–H and O–H groups in total. The minimum Gasteiger partial charge on any atom is -0.328 e. The number of hydrogen-bond donors (Lipinski definition) is 2. The van der Waals surface area contributed by atoms with Crippen LogP contribution in [-0.4, -0.2) is 10.7 Å². The molecule has 0 saturated heterocycles. The molecule has 0 aliphatic heterocycles. The molecule has 0 amide bonds. The first-order valence-corrected chi connectivity index (χ1v) is 4.86. The van der Waals surface area contributed by atoms with Gasteiger partial charge in [-0.2, -0.15) is 0 Å². The van der Waals surface area contributed by atoms with E-state index in [0.717, 1.165) is 5.56 Å². The molecule has 3 heteroatoms. The predicted molar refractivity (Wildman–Crippen MR) is 58.3 cm³/mol. The first-order valence-electron chi connectivity index (χ1n) is 4.86. The highest BCUT2D eigenvalue weighted by Crippen LogP contribution is 2.12. The lowest BCUT2D eigenvalue weighted by Gasteiger charge is -2.07. The summed E-state index contributed by atoms with van der Waals surface area (Å²) in [6, 6.07) is 1.81. The minimum atomic E-state index is -0.166. The van der Waals surface area contributed by atoms with Crippen molar-refractivity contribution in [1.82, 2.24) is 4.98 Å². The van der Waals surface area contributed by atoms with Crippen molar-refractivity contribution in [3.8, 4) is 0 Å².